The lowest BCUT2D eigenvalue weighted by molar-refractivity contribution is 1.46. The van der Waals surface area contributed by atoms with E-state index in [9.17, 15) is 0 Å². The van der Waals surface area contributed by atoms with Crippen LogP contribution in [0.25, 0.3) is 152 Å². The van der Waals surface area contributed by atoms with Gasteiger partial charge in [-0.25, -0.2) is 19.9 Å². The minimum atomic E-state index is 0.864. The second-order valence-corrected chi connectivity index (χ2v) is 18.0. The zero-order chi connectivity index (χ0) is 44.5. The first kappa shape index (κ1) is 37.1. The van der Waals surface area contributed by atoms with Crippen molar-refractivity contribution in [2.24, 2.45) is 0 Å². The predicted octanol–water partition coefficient (Wildman–Crippen LogP) is 17.1. The monoisotopic (exact) mass is 860 g/mol. The summed E-state index contributed by atoms with van der Waals surface area (Å²) in [5.41, 5.74) is 6.98. The summed E-state index contributed by atoms with van der Waals surface area (Å²) in [7, 11) is 0. The van der Waals surface area contributed by atoms with Gasteiger partial charge in [0.2, 0.25) is 0 Å². The van der Waals surface area contributed by atoms with E-state index in [1.807, 2.05) is 0 Å². The molecule has 0 spiro atoms. The van der Waals surface area contributed by atoms with Gasteiger partial charge in [-0.1, -0.05) is 194 Å². The van der Waals surface area contributed by atoms with Crippen molar-refractivity contribution in [3.8, 4) is 0 Å². The van der Waals surface area contributed by atoms with Crippen molar-refractivity contribution in [1.82, 2.24) is 19.9 Å². The topological polar surface area (TPSA) is 51.6 Å². The number of benzene rings is 10. The van der Waals surface area contributed by atoms with Crippen LogP contribution in [0.15, 0.2) is 218 Å². The third-order valence-electron chi connectivity index (χ3n) is 14.4. The fourth-order valence-corrected chi connectivity index (χ4v) is 11.2. The number of fused-ring (bicyclic) bond motifs is 22. The zero-order valence-corrected chi connectivity index (χ0v) is 36.6. The van der Waals surface area contributed by atoms with Crippen LogP contribution in [0.3, 0.4) is 0 Å². The summed E-state index contributed by atoms with van der Waals surface area (Å²) in [4.78, 5) is 22.6. The van der Waals surface area contributed by atoms with Crippen molar-refractivity contribution in [1.29, 1.82) is 0 Å². The molecule has 5 heterocycles. The highest BCUT2D eigenvalue weighted by Crippen LogP contribution is 2.41. The molecule has 0 saturated heterocycles. The maximum atomic E-state index is 5.66. The Kier molecular flexibility index (Phi) is 7.75. The third-order valence-corrected chi connectivity index (χ3v) is 14.4. The van der Waals surface area contributed by atoms with Crippen LogP contribution in [-0.2, 0) is 0 Å². The number of hydrogen-bond acceptors (Lipinski definition) is 4. The van der Waals surface area contributed by atoms with E-state index in [4.69, 9.17) is 19.9 Å². The molecule has 4 heteroatoms. The third kappa shape index (κ3) is 5.43. The summed E-state index contributed by atoms with van der Waals surface area (Å²) in [6, 6.07) is 79.0. The highest BCUT2D eigenvalue weighted by molar-refractivity contribution is 6.32. The van der Waals surface area contributed by atoms with Crippen LogP contribution in [0.2, 0.25) is 0 Å². The predicted molar refractivity (Wildman–Crippen MR) is 289 cm³/mol. The minimum Gasteiger partial charge on any atom is -0.245 e. The molecule has 312 valence electrons. The smallest absolute Gasteiger partial charge is 0.0972 e. The van der Waals surface area contributed by atoms with Gasteiger partial charge in [0.05, 0.1) is 44.1 Å². The van der Waals surface area contributed by atoms with Gasteiger partial charge in [-0.05, 0) is 67.4 Å². The minimum absolute atomic E-state index is 0.864. The molecule has 0 aliphatic carbocycles. The van der Waals surface area contributed by atoms with E-state index in [1.165, 1.54) is 0 Å². The summed E-state index contributed by atoms with van der Waals surface area (Å²) in [5, 5.41) is 22.0. The first-order valence-electron chi connectivity index (χ1n) is 23.2. The second-order valence-electron chi connectivity index (χ2n) is 18.0. The molecule has 0 fully saturated rings. The van der Waals surface area contributed by atoms with E-state index >= 15 is 0 Å². The first-order valence-corrected chi connectivity index (χ1v) is 23.2. The maximum Gasteiger partial charge on any atom is 0.0972 e. The number of aromatic nitrogens is 4. The molecule has 0 amide bonds. The molecule has 15 rings (SSSR count). The van der Waals surface area contributed by atoms with Crippen molar-refractivity contribution < 1.29 is 0 Å². The van der Waals surface area contributed by atoms with Gasteiger partial charge in [0.1, 0.15) is 0 Å². The second kappa shape index (κ2) is 14.2. The van der Waals surface area contributed by atoms with Crippen LogP contribution in [0.1, 0.15) is 0 Å². The normalized spacial score (nSPS) is 12.1. The van der Waals surface area contributed by atoms with Crippen LogP contribution >= 0.6 is 0 Å². The van der Waals surface area contributed by atoms with Crippen LogP contribution in [0, 0.1) is 0 Å². The van der Waals surface area contributed by atoms with Crippen LogP contribution in [-0.4, -0.2) is 19.9 Å². The van der Waals surface area contributed by atoms with Gasteiger partial charge < -0.3 is 0 Å². The van der Waals surface area contributed by atoms with Crippen LogP contribution in [0.5, 0.6) is 0 Å². The van der Waals surface area contributed by atoms with E-state index in [1.54, 1.807) is 0 Å². The van der Waals surface area contributed by atoms with Crippen molar-refractivity contribution in [2.75, 3.05) is 0 Å². The van der Waals surface area contributed by atoms with Gasteiger partial charge in [0.25, 0.3) is 0 Å². The highest BCUT2D eigenvalue weighted by atomic mass is 14.8. The largest absolute Gasteiger partial charge is 0.245 e. The Morgan fingerprint density at radius 2 is 0.368 bits per heavy atom. The van der Waals surface area contributed by atoms with Crippen molar-refractivity contribution in [3.05, 3.63) is 218 Å². The summed E-state index contributed by atoms with van der Waals surface area (Å²) in [6.45, 7) is 0. The summed E-state index contributed by atoms with van der Waals surface area (Å²) in [5.74, 6) is 0. The van der Waals surface area contributed by atoms with Gasteiger partial charge in [0, 0.05) is 64.6 Å². The molecule has 0 aliphatic rings. The number of pyridine rings is 4. The first-order chi connectivity index (χ1) is 33.7. The Labute approximate surface area is 388 Å². The van der Waals surface area contributed by atoms with E-state index in [0.29, 0.717) is 0 Å². The Morgan fingerprint density at radius 1 is 0.162 bits per heavy atom. The molecule has 4 nitrogen and oxygen atoms in total. The molecular formula is C64H36N4. The lowest BCUT2D eigenvalue weighted by Crippen LogP contribution is -1.90. The fourth-order valence-electron chi connectivity index (χ4n) is 11.2. The summed E-state index contributed by atoms with van der Waals surface area (Å²) < 4.78 is 0. The zero-order valence-electron chi connectivity index (χ0n) is 36.6. The number of nitrogens with zero attached hydrogens (tertiary/aromatic N) is 4. The number of rotatable bonds is 0. The van der Waals surface area contributed by atoms with E-state index in [0.717, 1.165) is 152 Å². The van der Waals surface area contributed by atoms with Gasteiger partial charge in [-0.3, -0.25) is 0 Å². The van der Waals surface area contributed by atoms with Crippen LogP contribution in [0.4, 0.5) is 0 Å². The Bertz CT molecular complexity index is 4250. The summed E-state index contributed by atoms with van der Waals surface area (Å²) in [6.07, 6.45) is 0. The molecule has 5 aromatic heterocycles. The highest BCUT2D eigenvalue weighted by Gasteiger charge is 2.15. The lowest BCUT2D eigenvalue weighted by Gasteiger charge is -2.12. The molecule has 68 heavy (non-hydrogen) atoms. The maximum absolute atomic E-state index is 5.66. The van der Waals surface area contributed by atoms with Crippen LogP contribution < -0.4 is 0 Å². The molecule has 0 radical (unpaired) electrons. The molecule has 0 saturated carbocycles. The van der Waals surface area contributed by atoms with Crippen molar-refractivity contribution in [3.63, 3.8) is 0 Å². The van der Waals surface area contributed by atoms with Gasteiger partial charge in [-0.15, -0.1) is 0 Å². The van der Waals surface area contributed by atoms with Gasteiger partial charge in [-0.2, -0.15) is 0 Å². The number of hydrogen-bond donors (Lipinski definition) is 0. The van der Waals surface area contributed by atoms with Gasteiger partial charge >= 0.3 is 0 Å². The molecule has 10 aromatic carbocycles. The SMILES string of the molecule is c1ccc2c(c1)ccc1c3ccc4ccc5ccc(nc5c4n3)c3ccc4ccccc4c3c3c4ccccc4ccc3c3ccc4ccc5ccc(nc5c4n3)c3ccc4ccccc4c3c21. The average Bonchev–Trinajstić information content (AvgIpc) is 3.41. The Balaban J connectivity index is 1.27. The fraction of sp³-hybridized carbons (Fsp3) is 0. The van der Waals surface area contributed by atoms with E-state index in [-0.39, 0.29) is 0 Å². The molecule has 0 atom stereocenters. The van der Waals surface area contributed by atoms with E-state index < -0.39 is 0 Å². The molecule has 0 unspecified atom stereocenters. The van der Waals surface area contributed by atoms with Crippen molar-refractivity contribution in [2.45, 2.75) is 0 Å². The lowest BCUT2D eigenvalue weighted by atomic mass is 9.94. The Hall–Kier alpha value is -9.12. The molecule has 8 bridgehead atoms. The van der Waals surface area contributed by atoms with Crippen molar-refractivity contribution >= 4 is 152 Å². The van der Waals surface area contributed by atoms with E-state index in [2.05, 4.69) is 218 Å². The molecule has 0 aliphatic heterocycles. The molecular weight excluding hydrogens is 825 g/mol. The quantitative estimate of drug-likeness (QED) is 0.143. The molecule has 15 aromatic rings. The van der Waals surface area contributed by atoms with Gasteiger partial charge in [0.15, 0.2) is 0 Å². The standard InChI is InChI=1S/C64H36N4/c1-5-13-45-37(9-1)21-29-49-53-33-25-41-17-18-43-27-35-55(67-62(43)61(41)65-53)51-31-23-39-11-3-7-15-47(39)59(51)60-48-16-8-4-12-40(48)24-32-52(60)56-36-28-44-20-19-42-26-34-54(66-63(42)64(44)68-56)50-30-22-38-10-2-6-14-46(38)58(50)57(45)49/h1-36H. The summed E-state index contributed by atoms with van der Waals surface area (Å²) >= 11 is 0. The Morgan fingerprint density at radius 3 is 0.618 bits per heavy atom. The average molecular weight is 861 g/mol. The molecule has 0 N–H and O–H groups in total.